The summed E-state index contributed by atoms with van der Waals surface area (Å²) in [5, 5.41) is 27.7. The molecular weight excluding hydrogens is 926 g/mol. The van der Waals surface area contributed by atoms with E-state index in [1.165, 1.54) is 50.2 Å². The maximum absolute atomic E-state index is 13.7. The Morgan fingerprint density at radius 3 is 1.27 bits per heavy atom. The van der Waals surface area contributed by atoms with Gasteiger partial charge in [0.15, 0.2) is 11.6 Å². The number of carbonyl (C=O) groups is 6. The van der Waals surface area contributed by atoms with Crippen LogP contribution in [-0.4, -0.2) is 59.0 Å². The number of nitrogens with one attached hydrogen (secondary N) is 4. The summed E-state index contributed by atoms with van der Waals surface area (Å²) < 4.78 is 0. The third-order valence-electron chi connectivity index (χ3n) is 10.0. The van der Waals surface area contributed by atoms with Gasteiger partial charge in [-0.05, 0) is 135 Å². The van der Waals surface area contributed by atoms with E-state index in [0.717, 1.165) is 11.1 Å². The number of halogens is 4. The molecule has 0 aliphatic carbocycles. The van der Waals surface area contributed by atoms with Crippen LogP contribution in [0.25, 0.3) is 0 Å². The SMILES string of the molecule is CCc1cc(NC(=O)C(N=Nc2cc(C(=O)Nc3ccc(CCCl)cc3)ccc2Cl)C(C)=O)cc(CC)c1NC(=O)C(N=Nc1cc(C(=O)Nc2ccc(CCCl)cc2)ccc1Cl)C(C)=O. The zero-order chi connectivity index (χ0) is 47.9. The Balaban J connectivity index is 1.29. The second-order valence-corrected chi connectivity index (χ2v) is 16.4. The predicted octanol–water partition coefficient (Wildman–Crippen LogP) is 11.5. The van der Waals surface area contributed by atoms with E-state index in [1.807, 2.05) is 38.1 Å². The van der Waals surface area contributed by atoms with Crippen molar-refractivity contribution in [3.63, 3.8) is 0 Å². The van der Waals surface area contributed by atoms with Gasteiger partial charge in [0.05, 0.1) is 10.0 Å². The van der Waals surface area contributed by atoms with E-state index >= 15 is 0 Å². The Kier molecular flexibility index (Phi) is 18.6. The van der Waals surface area contributed by atoms with Gasteiger partial charge in [-0.3, -0.25) is 28.8 Å². The van der Waals surface area contributed by atoms with Crippen LogP contribution in [0.2, 0.25) is 10.0 Å². The minimum atomic E-state index is -1.58. The lowest BCUT2D eigenvalue weighted by molar-refractivity contribution is -0.127. The van der Waals surface area contributed by atoms with Crippen LogP contribution in [0.3, 0.4) is 0 Å². The summed E-state index contributed by atoms with van der Waals surface area (Å²) in [6, 6.07) is 23.3. The molecule has 0 heterocycles. The van der Waals surface area contributed by atoms with Crippen LogP contribution in [0.5, 0.6) is 0 Å². The van der Waals surface area contributed by atoms with Crippen molar-refractivity contribution in [2.45, 2.75) is 65.5 Å². The number of alkyl halides is 2. The molecule has 4 N–H and O–H groups in total. The van der Waals surface area contributed by atoms with E-state index in [0.29, 0.717) is 71.3 Å². The van der Waals surface area contributed by atoms with Crippen molar-refractivity contribution in [3.05, 3.63) is 140 Å². The maximum Gasteiger partial charge on any atom is 0.258 e. The van der Waals surface area contributed by atoms with Crippen LogP contribution < -0.4 is 21.3 Å². The second-order valence-electron chi connectivity index (χ2n) is 14.8. The number of benzene rings is 5. The van der Waals surface area contributed by atoms with Gasteiger partial charge in [-0.15, -0.1) is 23.2 Å². The van der Waals surface area contributed by atoms with Crippen LogP contribution in [0.1, 0.15) is 70.7 Å². The highest BCUT2D eigenvalue weighted by atomic mass is 35.5. The van der Waals surface area contributed by atoms with Crippen LogP contribution >= 0.6 is 46.4 Å². The Bertz CT molecular complexity index is 2650. The lowest BCUT2D eigenvalue weighted by atomic mass is 10.0. The van der Waals surface area contributed by atoms with Gasteiger partial charge < -0.3 is 21.3 Å². The fourth-order valence-corrected chi connectivity index (χ4v) is 7.18. The number of azo groups is 2. The lowest BCUT2D eigenvalue weighted by Gasteiger charge is -2.19. The average molecular weight is 973 g/mol. The molecular formula is C48H46Cl4N8O6. The third kappa shape index (κ3) is 13.8. The van der Waals surface area contributed by atoms with Crippen molar-refractivity contribution < 1.29 is 28.8 Å². The summed E-state index contributed by atoms with van der Waals surface area (Å²) >= 11 is 24.4. The van der Waals surface area contributed by atoms with Crippen LogP contribution in [0.15, 0.2) is 118 Å². The first kappa shape index (κ1) is 50.7. The Morgan fingerprint density at radius 1 is 0.515 bits per heavy atom. The summed E-state index contributed by atoms with van der Waals surface area (Å²) in [6.45, 7) is 6.06. The molecule has 0 aliphatic heterocycles. The largest absolute Gasteiger partial charge is 0.324 e. The smallest absolute Gasteiger partial charge is 0.258 e. The zero-order valence-electron chi connectivity index (χ0n) is 36.4. The van der Waals surface area contributed by atoms with Crippen molar-refractivity contribution in [1.82, 2.24) is 0 Å². The number of aryl methyl sites for hydroxylation is 4. The van der Waals surface area contributed by atoms with Gasteiger partial charge in [0, 0.05) is 45.6 Å². The molecule has 5 aromatic rings. The summed E-state index contributed by atoms with van der Waals surface area (Å²) in [7, 11) is 0. The first-order valence-electron chi connectivity index (χ1n) is 20.8. The molecule has 0 aromatic heterocycles. The number of rotatable bonds is 20. The van der Waals surface area contributed by atoms with E-state index in [2.05, 4.69) is 41.7 Å². The number of Topliss-reactive ketones (excluding diaryl/α,β-unsaturated/α-hetero) is 2. The Labute approximate surface area is 402 Å². The highest BCUT2D eigenvalue weighted by Crippen LogP contribution is 2.31. The van der Waals surface area contributed by atoms with Gasteiger partial charge in [0.25, 0.3) is 23.6 Å². The Hall–Kier alpha value is -6.32. The quantitative estimate of drug-likeness (QED) is 0.0340. The predicted molar refractivity (Wildman–Crippen MR) is 261 cm³/mol. The number of hydrogen-bond acceptors (Lipinski definition) is 10. The summed E-state index contributed by atoms with van der Waals surface area (Å²) in [4.78, 5) is 78.9. The average Bonchev–Trinajstić information content (AvgIpc) is 3.29. The zero-order valence-corrected chi connectivity index (χ0v) is 39.4. The first-order valence-corrected chi connectivity index (χ1v) is 22.6. The van der Waals surface area contributed by atoms with Gasteiger partial charge in [0.1, 0.15) is 11.4 Å². The molecule has 18 heteroatoms. The molecule has 2 unspecified atom stereocenters. The third-order valence-corrected chi connectivity index (χ3v) is 11.0. The summed E-state index contributed by atoms with van der Waals surface area (Å²) in [5.74, 6) is -2.71. The number of carbonyl (C=O) groups excluding carboxylic acids is 6. The van der Waals surface area contributed by atoms with Crippen molar-refractivity contribution in [1.29, 1.82) is 0 Å². The summed E-state index contributed by atoms with van der Waals surface area (Å²) in [5.41, 5.74) is 5.64. The maximum atomic E-state index is 13.7. The minimum absolute atomic E-state index is 0.0614. The topological polar surface area (TPSA) is 200 Å². The number of nitrogens with zero attached hydrogens (tertiary/aromatic N) is 4. The molecule has 0 saturated carbocycles. The molecule has 342 valence electrons. The number of hydrogen-bond donors (Lipinski definition) is 4. The van der Waals surface area contributed by atoms with Gasteiger partial charge in [-0.1, -0.05) is 61.3 Å². The molecule has 0 bridgehead atoms. The van der Waals surface area contributed by atoms with Gasteiger partial charge >= 0.3 is 0 Å². The Morgan fingerprint density at radius 2 is 0.909 bits per heavy atom. The van der Waals surface area contributed by atoms with Crippen molar-refractivity contribution >= 4 is 116 Å². The molecule has 0 spiro atoms. The van der Waals surface area contributed by atoms with Crippen LogP contribution in [0, 0.1) is 0 Å². The van der Waals surface area contributed by atoms with E-state index in [9.17, 15) is 28.8 Å². The van der Waals surface area contributed by atoms with E-state index in [-0.39, 0.29) is 32.5 Å². The molecule has 2 atom stereocenters. The number of amides is 4. The van der Waals surface area contributed by atoms with Crippen molar-refractivity contribution in [3.8, 4) is 0 Å². The highest BCUT2D eigenvalue weighted by molar-refractivity contribution is 6.33. The molecule has 5 aromatic carbocycles. The number of ketones is 2. The van der Waals surface area contributed by atoms with E-state index in [4.69, 9.17) is 46.4 Å². The monoisotopic (exact) mass is 970 g/mol. The van der Waals surface area contributed by atoms with Gasteiger partial charge in [0.2, 0.25) is 12.1 Å². The van der Waals surface area contributed by atoms with Gasteiger partial charge in [-0.2, -0.15) is 20.5 Å². The van der Waals surface area contributed by atoms with Crippen LogP contribution in [0.4, 0.5) is 34.1 Å². The lowest BCUT2D eigenvalue weighted by Crippen LogP contribution is -2.33. The second kappa shape index (κ2) is 24.3. The van der Waals surface area contributed by atoms with Crippen molar-refractivity contribution in [2.24, 2.45) is 20.5 Å². The normalized spacial score (nSPS) is 12.1. The molecule has 0 radical (unpaired) electrons. The molecule has 4 amide bonds. The number of anilines is 4. The first-order chi connectivity index (χ1) is 31.6. The molecule has 14 nitrogen and oxygen atoms in total. The molecule has 0 aliphatic rings. The molecule has 0 fully saturated rings. The van der Waals surface area contributed by atoms with Crippen molar-refractivity contribution in [2.75, 3.05) is 33.0 Å². The molecule has 66 heavy (non-hydrogen) atoms. The molecule has 5 rings (SSSR count). The van der Waals surface area contributed by atoms with E-state index < -0.39 is 47.3 Å². The summed E-state index contributed by atoms with van der Waals surface area (Å²) in [6.07, 6.45) is 2.16. The van der Waals surface area contributed by atoms with Crippen LogP contribution in [-0.2, 0) is 44.9 Å². The molecule has 0 saturated heterocycles. The fraction of sp³-hybridized carbons (Fsp3) is 0.250. The van der Waals surface area contributed by atoms with E-state index in [1.54, 1.807) is 36.4 Å². The fourth-order valence-electron chi connectivity index (χ4n) is 6.43. The highest BCUT2D eigenvalue weighted by Gasteiger charge is 2.27. The minimum Gasteiger partial charge on any atom is -0.324 e. The standard InChI is InChI=1S/C48H46Cl4N8O6/c1-5-31-23-37(55-47(65)42(27(3)61)59-57-40-25-33(11-17-38(40)51)45(63)53-35-13-7-29(8-14-35)19-21-49)24-32(6-2)44(31)56-48(66)43(28(4)62)60-58-41-26-34(12-18-39(41)52)46(64)54-36-15-9-30(10-16-36)20-22-50/h7-18,23-26,42-43H,5-6,19-22H2,1-4H3,(H,53,63)(H,54,64)(H,55,65)(H,56,66). The van der Waals surface area contributed by atoms with Gasteiger partial charge in [-0.25, -0.2) is 0 Å².